The monoisotopic (exact) mass is 393 g/mol. The summed E-state index contributed by atoms with van der Waals surface area (Å²) >= 11 is 0. The number of benzene rings is 1. The summed E-state index contributed by atoms with van der Waals surface area (Å²) in [6.07, 6.45) is 3.28. The van der Waals surface area contributed by atoms with Crippen LogP contribution in [0.2, 0.25) is 0 Å². The van der Waals surface area contributed by atoms with Crippen LogP contribution < -0.4 is 14.8 Å². The van der Waals surface area contributed by atoms with E-state index in [-0.39, 0.29) is 22.6 Å². The molecule has 146 valence electrons. The van der Waals surface area contributed by atoms with Gasteiger partial charge in [0, 0.05) is 13.0 Å². The Kier molecular flexibility index (Phi) is 6.40. The Balaban J connectivity index is 2.40. The maximum atomic E-state index is 12.5. The van der Waals surface area contributed by atoms with Crippen LogP contribution in [0.5, 0.6) is 5.75 Å². The molecule has 0 atom stereocenters. The highest BCUT2D eigenvalue weighted by Crippen LogP contribution is 2.27. The average molecular weight is 393 g/mol. The first-order chi connectivity index (χ1) is 12.6. The van der Waals surface area contributed by atoms with Gasteiger partial charge in [-0.3, -0.25) is 4.79 Å². The topological polar surface area (TPSA) is 111 Å². The molecule has 1 aromatic carbocycles. The van der Waals surface area contributed by atoms with E-state index in [1.165, 1.54) is 20.1 Å². The first-order valence-corrected chi connectivity index (χ1v) is 9.74. The number of aromatic nitrogens is 1. The Hall–Kier alpha value is -2.65. The van der Waals surface area contributed by atoms with E-state index in [0.717, 1.165) is 0 Å². The van der Waals surface area contributed by atoms with Gasteiger partial charge < -0.3 is 14.6 Å². The maximum absolute atomic E-state index is 12.5. The Morgan fingerprint density at radius 1 is 1.30 bits per heavy atom. The third kappa shape index (κ3) is 5.18. The lowest BCUT2D eigenvalue weighted by Gasteiger charge is -2.13. The molecule has 0 fully saturated rings. The third-order valence-corrected chi connectivity index (χ3v) is 5.17. The first kappa shape index (κ1) is 20.7. The highest BCUT2D eigenvalue weighted by molar-refractivity contribution is 7.89. The van der Waals surface area contributed by atoms with E-state index in [1.807, 2.05) is 0 Å². The summed E-state index contributed by atoms with van der Waals surface area (Å²) in [6.45, 7) is 6.58. The van der Waals surface area contributed by atoms with E-state index in [0.29, 0.717) is 22.7 Å². The van der Waals surface area contributed by atoms with Gasteiger partial charge >= 0.3 is 0 Å². The molecule has 2 aromatic rings. The Bertz CT molecular complexity index is 961. The molecule has 1 aromatic heterocycles. The second-order valence-corrected chi connectivity index (χ2v) is 7.89. The number of sulfonamides is 1. The molecule has 2 N–H and O–H groups in total. The molecule has 0 saturated heterocycles. The summed E-state index contributed by atoms with van der Waals surface area (Å²) in [5, 5.41) is 6.49. The molecule has 27 heavy (non-hydrogen) atoms. The molecular weight excluding hydrogens is 370 g/mol. The van der Waals surface area contributed by atoms with Crippen molar-refractivity contribution in [1.82, 2.24) is 9.88 Å². The van der Waals surface area contributed by atoms with Crippen LogP contribution in [0.4, 0.5) is 5.69 Å². The maximum Gasteiger partial charge on any atom is 0.244 e. The van der Waals surface area contributed by atoms with Crippen LogP contribution in [0.3, 0.4) is 0 Å². The lowest BCUT2D eigenvalue weighted by atomic mass is 10.2. The molecule has 8 nitrogen and oxygen atoms in total. The number of aryl methyl sites for hydroxylation is 1. The van der Waals surface area contributed by atoms with E-state index >= 15 is 0 Å². The minimum atomic E-state index is -3.73. The predicted octanol–water partition coefficient (Wildman–Crippen LogP) is 2.81. The fraction of sp³-hybridized carbons (Fsp3) is 0.333. The molecule has 0 aliphatic heterocycles. The van der Waals surface area contributed by atoms with Crippen molar-refractivity contribution < 1.29 is 22.5 Å². The molecule has 0 aliphatic carbocycles. The van der Waals surface area contributed by atoms with Crippen molar-refractivity contribution in [3.63, 3.8) is 0 Å². The molecule has 2 rings (SSSR count). The molecule has 0 unspecified atom stereocenters. The van der Waals surface area contributed by atoms with Gasteiger partial charge in [0.05, 0.1) is 7.11 Å². The number of nitrogens with one attached hydrogen (secondary N) is 2. The van der Waals surface area contributed by atoms with Gasteiger partial charge in [-0.15, -0.1) is 0 Å². The summed E-state index contributed by atoms with van der Waals surface area (Å²) in [6, 6.07) is 4.54. The smallest absolute Gasteiger partial charge is 0.244 e. The van der Waals surface area contributed by atoms with Crippen LogP contribution in [0.1, 0.15) is 37.8 Å². The molecule has 0 spiro atoms. The summed E-state index contributed by atoms with van der Waals surface area (Å²) in [4.78, 5) is 11.3. The fourth-order valence-electron chi connectivity index (χ4n) is 2.38. The van der Waals surface area contributed by atoms with Gasteiger partial charge in [-0.25, -0.2) is 13.1 Å². The van der Waals surface area contributed by atoms with Gasteiger partial charge in [0.25, 0.3) is 0 Å². The molecule has 0 aliphatic rings. The Morgan fingerprint density at radius 2 is 2.00 bits per heavy atom. The van der Waals surface area contributed by atoms with Crippen LogP contribution in [-0.2, 0) is 14.8 Å². The molecule has 0 bridgehead atoms. The van der Waals surface area contributed by atoms with Crippen LogP contribution >= 0.6 is 0 Å². The lowest BCUT2D eigenvalue weighted by molar-refractivity contribution is -0.114. The first-order valence-electron chi connectivity index (χ1n) is 8.26. The minimum Gasteiger partial charge on any atom is -0.495 e. The fourth-order valence-corrected chi connectivity index (χ4v) is 3.84. The normalized spacial score (nSPS) is 11.9. The average Bonchev–Trinajstić information content (AvgIpc) is 2.91. The van der Waals surface area contributed by atoms with Gasteiger partial charge in [0.2, 0.25) is 15.9 Å². The molecular formula is C18H23N3O5S. The molecule has 9 heteroatoms. The number of carbonyl (C=O) groups is 1. The van der Waals surface area contributed by atoms with Gasteiger partial charge in [-0.1, -0.05) is 17.3 Å². The van der Waals surface area contributed by atoms with Gasteiger partial charge in [0.15, 0.2) is 5.76 Å². The van der Waals surface area contributed by atoms with Crippen molar-refractivity contribution in [2.75, 3.05) is 12.4 Å². The number of ether oxygens (including phenoxy) is 1. The number of amides is 1. The molecule has 1 amide bonds. The number of carbonyl (C=O) groups excluding carboxylic acids is 1. The van der Waals surface area contributed by atoms with E-state index in [1.54, 1.807) is 45.1 Å². The lowest BCUT2D eigenvalue weighted by Crippen LogP contribution is -2.30. The van der Waals surface area contributed by atoms with Crippen molar-refractivity contribution in [3.05, 3.63) is 35.2 Å². The van der Waals surface area contributed by atoms with Crippen LogP contribution in [-0.4, -0.2) is 32.6 Å². The van der Waals surface area contributed by atoms with Crippen LogP contribution in [0, 0.1) is 6.92 Å². The second-order valence-electron chi connectivity index (χ2n) is 6.21. The van der Waals surface area contributed by atoms with E-state index in [4.69, 9.17) is 9.26 Å². The van der Waals surface area contributed by atoms with Gasteiger partial charge in [-0.2, -0.15) is 0 Å². The van der Waals surface area contributed by atoms with Crippen molar-refractivity contribution in [2.45, 2.75) is 38.6 Å². The van der Waals surface area contributed by atoms with Crippen molar-refractivity contribution in [3.8, 4) is 5.75 Å². The summed E-state index contributed by atoms with van der Waals surface area (Å²) in [5.74, 6) is 0.367. The second kappa shape index (κ2) is 8.36. The standard InChI is InChI=1S/C18H23N3O5S/c1-11(2)21-27(23,24)17-10-14(6-8-15(17)25-5)7-9-16-18(19-13(4)22)12(3)20-26-16/h6-11,21H,1-5H3,(H,19,22)/b9-7-. The quantitative estimate of drug-likeness (QED) is 0.748. The Labute approximate surface area is 158 Å². The SMILES string of the molecule is COc1ccc(/C=C\c2onc(C)c2NC(C)=O)cc1S(=O)(=O)NC(C)C. The van der Waals surface area contributed by atoms with Gasteiger partial charge in [-0.05, 0) is 44.5 Å². The van der Waals surface area contributed by atoms with E-state index in [2.05, 4.69) is 15.2 Å². The third-order valence-electron chi connectivity index (χ3n) is 3.49. The van der Waals surface area contributed by atoms with Crippen molar-refractivity contribution in [2.24, 2.45) is 0 Å². The van der Waals surface area contributed by atoms with Crippen LogP contribution in [0.25, 0.3) is 12.2 Å². The minimum absolute atomic E-state index is 0.0386. The zero-order chi connectivity index (χ0) is 20.2. The molecule has 0 radical (unpaired) electrons. The largest absolute Gasteiger partial charge is 0.495 e. The number of methoxy groups -OCH3 is 1. The van der Waals surface area contributed by atoms with Crippen molar-refractivity contribution >= 4 is 33.8 Å². The molecule has 0 saturated carbocycles. The van der Waals surface area contributed by atoms with Crippen LogP contribution in [0.15, 0.2) is 27.6 Å². The number of hydrogen-bond acceptors (Lipinski definition) is 6. The Morgan fingerprint density at radius 3 is 2.59 bits per heavy atom. The van der Waals surface area contributed by atoms with Crippen molar-refractivity contribution in [1.29, 1.82) is 0 Å². The summed E-state index contributed by atoms with van der Waals surface area (Å²) < 4.78 is 38.0. The predicted molar refractivity (Wildman–Crippen MR) is 103 cm³/mol. The zero-order valence-corrected chi connectivity index (χ0v) is 16.7. The zero-order valence-electron chi connectivity index (χ0n) is 15.9. The highest BCUT2D eigenvalue weighted by Gasteiger charge is 2.20. The number of hydrogen-bond donors (Lipinski definition) is 2. The number of nitrogens with zero attached hydrogens (tertiary/aromatic N) is 1. The summed E-state index contributed by atoms with van der Waals surface area (Å²) in [5.41, 5.74) is 1.63. The molecule has 1 heterocycles. The number of rotatable bonds is 7. The number of anilines is 1. The summed E-state index contributed by atoms with van der Waals surface area (Å²) in [7, 11) is -2.32. The van der Waals surface area contributed by atoms with E-state index in [9.17, 15) is 13.2 Å². The van der Waals surface area contributed by atoms with E-state index < -0.39 is 10.0 Å². The highest BCUT2D eigenvalue weighted by atomic mass is 32.2. The van der Waals surface area contributed by atoms with Gasteiger partial charge in [0.1, 0.15) is 22.0 Å².